The highest BCUT2D eigenvalue weighted by Crippen LogP contribution is 2.54. The molecule has 0 spiro atoms. The number of hydrogen-bond donors (Lipinski definition) is 1. The van der Waals surface area contributed by atoms with Gasteiger partial charge in [-0.15, -0.1) is 0 Å². The number of rotatable bonds is 1. The zero-order chi connectivity index (χ0) is 14.4. The fraction of sp³-hybridized carbons (Fsp3) is 0.333. The first-order valence-corrected chi connectivity index (χ1v) is 7.45. The standard InChI is InChI=1S/C18H19NO2/c1-19-10-9-18(13-5-4-6-14(20)11-13)16(12-19)15-7-2-3-8-17(15)21-18/h2-8,11,16,20H,9-10,12H2,1H3. The number of benzene rings is 2. The van der Waals surface area contributed by atoms with Crippen LogP contribution in [0.15, 0.2) is 48.5 Å². The first-order valence-electron chi connectivity index (χ1n) is 7.45. The molecule has 0 bridgehead atoms. The Bertz CT molecular complexity index is 684. The van der Waals surface area contributed by atoms with Crippen LogP contribution in [0.3, 0.4) is 0 Å². The van der Waals surface area contributed by atoms with Crippen LogP contribution >= 0.6 is 0 Å². The second kappa shape index (κ2) is 4.50. The van der Waals surface area contributed by atoms with Crippen LogP contribution in [-0.4, -0.2) is 30.1 Å². The van der Waals surface area contributed by atoms with Crippen molar-refractivity contribution in [2.24, 2.45) is 0 Å². The van der Waals surface area contributed by atoms with Crippen molar-refractivity contribution in [2.75, 3.05) is 20.1 Å². The van der Waals surface area contributed by atoms with E-state index in [0.717, 1.165) is 30.8 Å². The Hall–Kier alpha value is -2.00. The Kier molecular flexibility index (Phi) is 2.73. The van der Waals surface area contributed by atoms with Gasteiger partial charge in [0.05, 0.1) is 0 Å². The summed E-state index contributed by atoms with van der Waals surface area (Å²) in [6.45, 7) is 1.98. The summed E-state index contributed by atoms with van der Waals surface area (Å²) in [5.41, 5.74) is 2.03. The third-order valence-electron chi connectivity index (χ3n) is 4.84. The lowest BCUT2D eigenvalue weighted by atomic mass is 9.74. The number of aromatic hydroxyl groups is 1. The van der Waals surface area contributed by atoms with Gasteiger partial charge in [0.15, 0.2) is 0 Å². The van der Waals surface area contributed by atoms with Crippen molar-refractivity contribution in [3.8, 4) is 11.5 Å². The van der Waals surface area contributed by atoms with Crippen molar-refractivity contribution in [3.63, 3.8) is 0 Å². The molecule has 0 radical (unpaired) electrons. The van der Waals surface area contributed by atoms with E-state index in [-0.39, 0.29) is 5.60 Å². The van der Waals surface area contributed by atoms with E-state index in [0.29, 0.717) is 11.7 Å². The molecule has 0 aromatic heterocycles. The first kappa shape index (κ1) is 12.7. The van der Waals surface area contributed by atoms with Crippen LogP contribution in [0.2, 0.25) is 0 Å². The molecule has 4 rings (SSSR count). The van der Waals surface area contributed by atoms with Crippen LogP contribution in [0, 0.1) is 0 Å². The van der Waals surface area contributed by atoms with Crippen LogP contribution in [0.25, 0.3) is 0 Å². The third-order valence-corrected chi connectivity index (χ3v) is 4.84. The topological polar surface area (TPSA) is 32.7 Å². The lowest BCUT2D eigenvalue weighted by Gasteiger charge is -2.42. The Morgan fingerprint density at radius 3 is 2.90 bits per heavy atom. The number of phenolic OH excluding ortho intramolecular Hbond substituents is 1. The highest BCUT2D eigenvalue weighted by Gasteiger charge is 2.51. The molecule has 2 atom stereocenters. The number of likely N-dealkylation sites (N-methyl/N-ethyl adjacent to an activating group) is 1. The van der Waals surface area contributed by atoms with Crippen molar-refractivity contribution in [3.05, 3.63) is 59.7 Å². The molecular weight excluding hydrogens is 262 g/mol. The van der Waals surface area contributed by atoms with E-state index in [1.54, 1.807) is 6.07 Å². The molecule has 1 saturated heterocycles. The molecule has 2 aromatic carbocycles. The minimum absolute atomic E-state index is 0.305. The summed E-state index contributed by atoms with van der Waals surface area (Å²) in [6, 6.07) is 15.9. The van der Waals surface area contributed by atoms with E-state index in [2.05, 4.69) is 36.2 Å². The largest absolute Gasteiger partial charge is 0.508 e. The van der Waals surface area contributed by atoms with Gasteiger partial charge >= 0.3 is 0 Å². The van der Waals surface area contributed by atoms with E-state index < -0.39 is 0 Å². The normalized spacial score (nSPS) is 27.8. The lowest BCUT2D eigenvalue weighted by Crippen LogP contribution is -2.47. The number of fused-ring (bicyclic) bond motifs is 3. The number of ether oxygens (including phenoxy) is 1. The summed E-state index contributed by atoms with van der Waals surface area (Å²) in [4.78, 5) is 2.36. The lowest BCUT2D eigenvalue weighted by molar-refractivity contribution is 0.00688. The minimum atomic E-state index is -0.338. The first-order chi connectivity index (χ1) is 10.2. The van der Waals surface area contributed by atoms with Crippen LogP contribution < -0.4 is 4.74 Å². The van der Waals surface area contributed by atoms with Gasteiger partial charge in [0.1, 0.15) is 17.1 Å². The predicted octanol–water partition coefficient (Wildman–Crippen LogP) is 3.10. The van der Waals surface area contributed by atoms with Gasteiger partial charge in [0.25, 0.3) is 0 Å². The molecule has 0 saturated carbocycles. The number of para-hydroxylation sites is 1. The SMILES string of the molecule is CN1CCC2(c3cccc(O)c3)Oc3ccccc3C2C1. The van der Waals surface area contributed by atoms with E-state index in [1.807, 2.05) is 18.2 Å². The van der Waals surface area contributed by atoms with Crippen molar-refractivity contribution >= 4 is 0 Å². The summed E-state index contributed by atoms with van der Waals surface area (Å²) in [7, 11) is 2.16. The number of nitrogens with zero attached hydrogens (tertiary/aromatic N) is 1. The van der Waals surface area contributed by atoms with E-state index in [4.69, 9.17) is 4.74 Å². The van der Waals surface area contributed by atoms with Crippen LogP contribution in [0.5, 0.6) is 11.5 Å². The van der Waals surface area contributed by atoms with Gasteiger partial charge in [-0.25, -0.2) is 0 Å². The minimum Gasteiger partial charge on any atom is -0.508 e. The van der Waals surface area contributed by atoms with Gasteiger partial charge in [-0.3, -0.25) is 0 Å². The predicted molar refractivity (Wildman–Crippen MR) is 81.7 cm³/mol. The van der Waals surface area contributed by atoms with Crippen molar-refractivity contribution in [1.82, 2.24) is 4.90 Å². The number of hydrogen-bond acceptors (Lipinski definition) is 3. The van der Waals surface area contributed by atoms with E-state index in [9.17, 15) is 5.11 Å². The zero-order valence-corrected chi connectivity index (χ0v) is 12.1. The van der Waals surface area contributed by atoms with E-state index in [1.165, 1.54) is 5.56 Å². The Morgan fingerprint density at radius 2 is 2.05 bits per heavy atom. The second-order valence-corrected chi connectivity index (χ2v) is 6.14. The summed E-state index contributed by atoms with van der Waals surface area (Å²) < 4.78 is 6.45. The molecule has 2 heterocycles. The summed E-state index contributed by atoms with van der Waals surface area (Å²) in [5.74, 6) is 1.61. The molecule has 3 heteroatoms. The molecule has 1 fully saturated rings. The summed E-state index contributed by atoms with van der Waals surface area (Å²) in [5, 5.41) is 9.86. The summed E-state index contributed by atoms with van der Waals surface area (Å²) in [6.07, 6.45) is 0.937. The van der Waals surface area contributed by atoms with Gasteiger partial charge in [-0.05, 0) is 30.8 Å². The van der Waals surface area contributed by atoms with Gasteiger partial charge in [0.2, 0.25) is 0 Å². The zero-order valence-electron chi connectivity index (χ0n) is 12.1. The Labute approximate surface area is 124 Å². The molecule has 108 valence electrons. The van der Waals surface area contributed by atoms with Gasteiger partial charge in [-0.1, -0.05) is 30.3 Å². The number of phenols is 1. The summed E-state index contributed by atoms with van der Waals surface area (Å²) >= 11 is 0. The molecule has 3 nitrogen and oxygen atoms in total. The molecule has 0 amide bonds. The average molecular weight is 281 g/mol. The van der Waals surface area contributed by atoms with Crippen LogP contribution in [0.1, 0.15) is 23.5 Å². The molecule has 2 aliphatic heterocycles. The monoisotopic (exact) mass is 281 g/mol. The number of piperidine rings is 1. The van der Waals surface area contributed by atoms with Gasteiger partial charge in [-0.2, -0.15) is 0 Å². The maximum atomic E-state index is 9.86. The molecular formula is C18H19NO2. The number of likely N-dealkylation sites (tertiary alicyclic amines) is 1. The van der Waals surface area contributed by atoms with Crippen molar-refractivity contribution in [2.45, 2.75) is 17.9 Å². The molecule has 21 heavy (non-hydrogen) atoms. The maximum Gasteiger partial charge on any atom is 0.143 e. The fourth-order valence-corrected chi connectivity index (χ4v) is 3.78. The molecule has 2 aliphatic rings. The highest BCUT2D eigenvalue weighted by molar-refractivity contribution is 5.48. The van der Waals surface area contributed by atoms with E-state index >= 15 is 0 Å². The Morgan fingerprint density at radius 1 is 1.19 bits per heavy atom. The van der Waals surface area contributed by atoms with Crippen LogP contribution in [0.4, 0.5) is 0 Å². The second-order valence-electron chi connectivity index (χ2n) is 6.14. The molecule has 2 unspecified atom stereocenters. The Balaban J connectivity index is 1.87. The van der Waals surface area contributed by atoms with Crippen molar-refractivity contribution in [1.29, 1.82) is 0 Å². The smallest absolute Gasteiger partial charge is 0.143 e. The van der Waals surface area contributed by atoms with Crippen molar-refractivity contribution < 1.29 is 9.84 Å². The molecule has 1 N–H and O–H groups in total. The van der Waals surface area contributed by atoms with Gasteiger partial charge < -0.3 is 14.7 Å². The average Bonchev–Trinajstić information content (AvgIpc) is 2.82. The van der Waals surface area contributed by atoms with Crippen LogP contribution in [-0.2, 0) is 5.60 Å². The highest BCUT2D eigenvalue weighted by atomic mass is 16.5. The van der Waals surface area contributed by atoms with Gasteiger partial charge in [0, 0.05) is 31.0 Å². The quantitative estimate of drug-likeness (QED) is 0.872. The third kappa shape index (κ3) is 1.84. The maximum absolute atomic E-state index is 9.86. The molecule has 2 aromatic rings. The molecule has 0 aliphatic carbocycles. The fourth-order valence-electron chi connectivity index (χ4n) is 3.78.